The molecule has 0 radical (unpaired) electrons. The lowest BCUT2D eigenvalue weighted by atomic mass is 9.77. The molecule has 1 aromatic carbocycles. The predicted octanol–water partition coefficient (Wildman–Crippen LogP) is 1.11. The standard InChI is InChI=1S/C19H21NO6/c1-24-12-4-3-11(9-14(12)25-2)6-8-20-10-19-7-5-13(26-19)15(18(22)23)16(19)17(20)21/h3-5,7,9,13,15-16H,6,8,10H2,1-2H3,(H,22,23)/t13-,15+,16+,19-/m1/s1. The topological polar surface area (TPSA) is 85.3 Å². The fraction of sp³-hybridized carbons (Fsp3) is 0.474. The molecule has 3 aliphatic rings. The second kappa shape index (κ2) is 6.02. The highest BCUT2D eigenvalue weighted by Gasteiger charge is 2.66. The van der Waals surface area contributed by atoms with Crippen LogP contribution in [0.4, 0.5) is 0 Å². The largest absolute Gasteiger partial charge is 0.493 e. The lowest BCUT2D eigenvalue weighted by molar-refractivity contribution is -0.148. The van der Waals surface area contributed by atoms with Gasteiger partial charge in [-0.1, -0.05) is 18.2 Å². The fourth-order valence-electron chi connectivity index (χ4n) is 4.35. The van der Waals surface area contributed by atoms with Crippen LogP contribution in [0.1, 0.15) is 5.56 Å². The summed E-state index contributed by atoms with van der Waals surface area (Å²) in [5.74, 6) is -1.23. The molecule has 3 aliphatic heterocycles. The number of methoxy groups -OCH3 is 2. The average Bonchev–Trinajstić information content (AvgIpc) is 3.27. The van der Waals surface area contributed by atoms with Gasteiger partial charge in [-0.2, -0.15) is 0 Å². The normalized spacial score (nSPS) is 31.4. The summed E-state index contributed by atoms with van der Waals surface area (Å²) in [6, 6.07) is 5.66. The van der Waals surface area contributed by atoms with Crippen LogP contribution in [0, 0.1) is 11.8 Å². The minimum absolute atomic E-state index is 0.135. The zero-order valence-electron chi connectivity index (χ0n) is 14.7. The smallest absolute Gasteiger partial charge is 0.310 e. The van der Waals surface area contributed by atoms with E-state index in [9.17, 15) is 14.7 Å². The van der Waals surface area contributed by atoms with Crippen molar-refractivity contribution >= 4 is 11.9 Å². The van der Waals surface area contributed by atoms with Crippen LogP contribution >= 0.6 is 0 Å². The number of hydrogen-bond acceptors (Lipinski definition) is 5. The van der Waals surface area contributed by atoms with Crippen molar-refractivity contribution in [2.75, 3.05) is 27.3 Å². The van der Waals surface area contributed by atoms with Gasteiger partial charge in [0.1, 0.15) is 11.5 Å². The highest BCUT2D eigenvalue weighted by atomic mass is 16.5. The van der Waals surface area contributed by atoms with Crippen LogP contribution < -0.4 is 9.47 Å². The zero-order valence-corrected chi connectivity index (χ0v) is 14.7. The van der Waals surface area contributed by atoms with Gasteiger partial charge in [-0.3, -0.25) is 9.59 Å². The van der Waals surface area contributed by atoms with Crippen molar-refractivity contribution < 1.29 is 28.9 Å². The number of carboxylic acid groups (broad SMARTS) is 1. The molecule has 7 heteroatoms. The Morgan fingerprint density at radius 3 is 2.81 bits per heavy atom. The Hall–Kier alpha value is -2.54. The van der Waals surface area contributed by atoms with E-state index in [2.05, 4.69) is 0 Å². The van der Waals surface area contributed by atoms with E-state index in [1.807, 2.05) is 24.3 Å². The summed E-state index contributed by atoms with van der Waals surface area (Å²) in [4.78, 5) is 26.1. The highest BCUT2D eigenvalue weighted by molar-refractivity contribution is 5.90. The van der Waals surface area contributed by atoms with E-state index >= 15 is 0 Å². The maximum Gasteiger partial charge on any atom is 0.310 e. The summed E-state index contributed by atoms with van der Waals surface area (Å²) >= 11 is 0. The molecule has 1 amide bonds. The van der Waals surface area contributed by atoms with E-state index in [0.29, 0.717) is 31.0 Å². The van der Waals surface area contributed by atoms with Crippen molar-refractivity contribution in [2.45, 2.75) is 18.1 Å². The molecular weight excluding hydrogens is 338 g/mol. The third-order valence-corrected chi connectivity index (χ3v) is 5.58. The zero-order chi connectivity index (χ0) is 18.5. The summed E-state index contributed by atoms with van der Waals surface area (Å²) < 4.78 is 16.4. The van der Waals surface area contributed by atoms with Crippen LogP contribution in [0.25, 0.3) is 0 Å². The van der Waals surface area contributed by atoms with Crippen LogP contribution in [0.2, 0.25) is 0 Å². The first-order chi connectivity index (χ1) is 12.5. The summed E-state index contributed by atoms with van der Waals surface area (Å²) in [5, 5.41) is 9.49. The number of carboxylic acids is 1. The molecule has 1 N–H and O–H groups in total. The number of amides is 1. The van der Waals surface area contributed by atoms with Crippen molar-refractivity contribution in [3.63, 3.8) is 0 Å². The van der Waals surface area contributed by atoms with Gasteiger partial charge in [0.2, 0.25) is 5.91 Å². The Balaban J connectivity index is 1.48. The van der Waals surface area contributed by atoms with Crippen LogP contribution in [0.15, 0.2) is 30.4 Å². The Morgan fingerprint density at radius 1 is 1.35 bits per heavy atom. The number of carbonyl (C=O) groups is 2. The van der Waals surface area contributed by atoms with Crippen LogP contribution in [-0.4, -0.2) is 60.9 Å². The molecule has 2 fully saturated rings. The lowest BCUT2D eigenvalue weighted by Crippen LogP contribution is -2.39. The predicted molar refractivity (Wildman–Crippen MR) is 91.2 cm³/mol. The van der Waals surface area contributed by atoms with Crippen molar-refractivity contribution in [3.8, 4) is 11.5 Å². The lowest BCUT2D eigenvalue weighted by Gasteiger charge is -2.21. The van der Waals surface area contributed by atoms with Crippen molar-refractivity contribution in [2.24, 2.45) is 11.8 Å². The molecule has 1 spiro atoms. The van der Waals surface area contributed by atoms with E-state index in [4.69, 9.17) is 14.2 Å². The van der Waals surface area contributed by atoms with Gasteiger partial charge < -0.3 is 24.2 Å². The van der Waals surface area contributed by atoms with Gasteiger partial charge in [0.25, 0.3) is 0 Å². The third-order valence-electron chi connectivity index (χ3n) is 5.58. The number of hydrogen-bond donors (Lipinski definition) is 1. The van der Waals surface area contributed by atoms with Gasteiger partial charge in [0.05, 0.1) is 32.8 Å². The molecule has 4 atom stereocenters. The number of benzene rings is 1. The molecule has 2 saturated heterocycles. The third kappa shape index (κ3) is 2.38. The molecule has 0 saturated carbocycles. The average molecular weight is 359 g/mol. The molecule has 1 aromatic rings. The SMILES string of the molecule is COc1ccc(CCN2C[C@@]34C=C[C@@H](O3)[C@H](C(=O)O)[C@H]4C2=O)cc1OC. The van der Waals surface area contributed by atoms with E-state index < -0.39 is 29.5 Å². The van der Waals surface area contributed by atoms with Gasteiger partial charge in [0.15, 0.2) is 11.5 Å². The molecule has 26 heavy (non-hydrogen) atoms. The Morgan fingerprint density at radius 2 is 2.12 bits per heavy atom. The maximum absolute atomic E-state index is 12.8. The Bertz CT molecular complexity index is 790. The number of nitrogens with zero attached hydrogens (tertiary/aromatic N) is 1. The van der Waals surface area contributed by atoms with Crippen LogP contribution in [0.3, 0.4) is 0 Å². The summed E-state index contributed by atoms with van der Waals surface area (Å²) in [7, 11) is 3.16. The Kier molecular flexibility index (Phi) is 3.91. The summed E-state index contributed by atoms with van der Waals surface area (Å²) in [5.41, 5.74) is 0.239. The first-order valence-corrected chi connectivity index (χ1v) is 8.59. The number of fused-ring (bicyclic) bond motifs is 1. The molecule has 0 aliphatic carbocycles. The Labute approximate surface area is 151 Å². The molecule has 2 bridgehead atoms. The highest BCUT2D eigenvalue weighted by Crippen LogP contribution is 2.51. The molecule has 4 rings (SSSR count). The van der Waals surface area contributed by atoms with E-state index in [1.165, 1.54) is 0 Å². The summed E-state index contributed by atoms with van der Waals surface area (Å²) in [6.45, 7) is 0.904. The first kappa shape index (κ1) is 16.9. The van der Waals surface area contributed by atoms with Gasteiger partial charge in [-0.25, -0.2) is 0 Å². The van der Waals surface area contributed by atoms with E-state index in [-0.39, 0.29) is 5.91 Å². The molecule has 0 unspecified atom stereocenters. The minimum atomic E-state index is -0.971. The number of ether oxygens (including phenoxy) is 3. The van der Waals surface area contributed by atoms with Crippen LogP contribution in [-0.2, 0) is 20.7 Å². The molecule has 0 aromatic heterocycles. The molecule has 138 valence electrons. The number of carbonyl (C=O) groups excluding carboxylic acids is 1. The quantitative estimate of drug-likeness (QED) is 0.766. The first-order valence-electron chi connectivity index (χ1n) is 8.59. The van der Waals surface area contributed by atoms with Gasteiger partial charge in [-0.15, -0.1) is 0 Å². The molecule has 7 nitrogen and oxygen atoms in total. The maximum atomic E-state index is 12.8. The van der Waals surface area contributed by atoms with Gasteiger partial charge >= 0.3 is 5.97 Å². The monoisotopic (exact) mass is 359 g/mol. The molecule has 3 heterocycles. The second-order valence-electron chi connectivity index (χ2n) is 6.94. The van der Waals surface area contributed by atoms with Gasteiger partial charge in [0, 0.05) is 6.54 Å². The van der Waals surface area contributed by atoms with Crippen molar-refractivity contribution in [1.29, 1.82) is 0 Å². The van der Waals surface area contributed by atoms with Crippen molar-refractivity contribution in [3.05, 3.63) is 35.9 Å². The van der Waals surface area contributed by atoms with E-state index in [1.54, 1.807) is 25.2 Å². The van der Waals surface area contributed by atoms with E-state index in [0.717, 1.165) is 5.56 Å². The summed E-state index contributed by atoms with van der Waals surface area (Å²) in [6.07, 6.45) is 3.80. The second-order valence-corrected chi connectivity index (χ2v) is 6.94. The number of aliphatic carboxylic acids is 1. The fourth-order valence-corrected chi connectivity index (χ4v) is 4.35. The minimum Gasteiger partial charge on any atom is -0.493 e. The molecular formula is C19H21NO6. The van der Waals surface area contributed by atoms with Crippen molar-refractivity contribution in [1.82, 2.24) is 4.90 Å². The number of likely N-dealkylation sites (tertiary alicyclic amines) is 1. The number of rotatable bonds is 6. The van der Waals surface area contributed by atoms with Crippen LogP contribution in [0.5, 0.6) is 11.5 Å². The van der Waals surface area contributed by atoms with Gasteiger partial charge in [-0.05, 0) is 24.1 Å².